The Morgan fingerprint density at radius 1 is 1.33 bits per heavy atom. The number of ether oxygens (including phenoxy) is 2. The number of rotatable bonds is 3. The van der Waals surface area contributed by atoms with E-state index in [9.17, 15) is 13.6 Å². The molecule has 0 N–H and O–H groups in total. The number of carbonyl (C=O) groups is 1. The van der Waals surface area contributed by atoms with E-state index in [0.29, 0.717) is 0 Å². The fourth-order valence-electron chi connectivity index (χ4n) is 1.13. The molecule has 1 aromatic carbocycles. The minimum atomic E-state index is -2.63. The van der Waals surface area contributed by atoms with Gasteiger partial charge in [-0.05, 0) is 18.2 Å². The first-order valence-electron chi connectivity index (χ1n) is 4.14. The van der Waals surface area contributed by atoms with Crippen molar-refractivity contribution >= 4 is 5.97 Å². The van der Waals surface area contributed by atoms with Gasteiger partial charge in [0.1, 0.15) is 11.3 Å². The lowest BCUT2D eigenvalue weighted by Crippen LogP contribution is -2.05. The zero-order valence-electron chi connectivity index (χ0n) is 8.29. The quantitative estimate of drug-likeness (QED) is 0.728. The molecule has 82 valence electrons. The molecule has 0 aliphatic heterocycles. The molecule has 0 spiro atoms. The summed E-state index contributed by atoms with van der Waals surface area (Å²) in [5.74, 6) is -0.486. The lowest BCUT2D eigenvalue weighted by molar-refractivity contribution is 0.0596. The van der Waals surface area contributed by atoms with Crippen LogP contribution in [0.1, 0.15) is 22.3 Å². The molecule has 0 amide bonds. The molecule has 1 aromatic rings. The first kappa shape index (κ1) is 11.4. The van der Waals surface area contributed by atoms with Crippen LogP contribution in [0.3, 0.4) is 0 Å². The van der Waals surface area contributed by atoms with E-state index in [0.717, 1.165) is 6.07 Å². The summed E-state index contributed by atoms with van der Waals surface area (Å²) in [5.41, 5.74) is -0.242. The molecule has 0 fully saturated rings. The first-order valence-corrected chi connectivity index (χ1v) is 4.14. The van der Waals surface area contributed by atoms with Crippen LogP contribution in [0.2, 0.25) is 0 Å². The van der Waals surface area contributed by atoms with Crippen LogP contribution < -0.4 is 4.74 Å². The summed E-state index contributed by atoms with van der Waals surface area (Å²) in [6.45, 7) is 0. The van der Waals surface area contributed by atoms with Gasteiger partial charge in [-0.15, -0.1) is 0 Å². The van der Waals surface area contributed by atoms with Crippen molar-refractivity contribution in [3.05, 3.63) is 29.3 Å². The van der Waals surface area contributed by atoms with Gasteiger partial charge in [-0.2, -0.15) is 0 Å². The van der Waals surface area contributed by atoms with E-state index in [-0.39, 0.29) is 16.9 Å². The molecule has 0 atom stereocenters. The Kier molecular flexibility index (Phi) is 3.60. The smallest absolute Gasteiger partial charge is 0.341 e. The number of alkyl halides is 2. The maximum absolute atomic E-state index is 12.4. The van der Waals surface area contributed by atoms with E-state index >= 15 is 0 Å². The van der Waals surface area contributed by atoms with Crippen LogP contribution in [0.4, 0.5) is 8.78 Å². The van der Waals surface area contributed by atoms with Gasteiger partial charge in [-0.3, -0.25) is 0 Å². The average Bonchev–Trinajstić information content (AvgIpc) is 2.27. The minimum Gasteiger partial charge on any atom is -0.496 e. The number of methoxy groups -OCH3 is 2. The summed E-state index contributed by atoms with van der Waals surface area (Å²) >= 11 is 0. The van der Waals surface area contributed by atoms with Crippen molar-refractivity contribution in [2.75, 3.05) is 14.2 Å². The second-order valence-corrected chi connectivity index (χ2v) is 2.75. The maximum atomic E-state index is 12.4. The minimum absolute atomic E-state index is 0.00204. The van der Waals surface area contributed by atoms with E-state index in [2.05, 4.69) is 4.74 Å². The van der Waals surface area contributed by atoms with Crippen LogP contribution in [-0.2, 0) is 4.74 Å². The van der Waals surface area contributed by atoms with E-state index in [1.54, 1.807) is 0 Å². The normalized spacial score (nSPS) is 10.2. The molecule has 0 unspecified atom stereocenters. The third-order valence-corrected chi connectivity index (χ3v) is 1.88. The Morgan fingerprint density at radius 2 is 2.00 bits per heavy atom. The standard InChI is InChI=1S/C10H10F2O3/c1-14-8-4-3-6(9(11)12)5-7(8)10(13)15-2/h3-5,9H,1-2H3. The fourth-order valence-corrected chi connectivity index (χ4v) is 1.13. The van der Waals surface area contributed by atoms with Crippen molar-refractivity contribution in [1.29, 1.82) is 0 Å². The molecule has 0 bridgehead atoms. The van der Waals surface area contributed by atoms with Crippen molar-refractivity contribution < 1.29 is 23.0 Å². The van der Waals surface area contributed by atoms with Gasteiger partial charge in [0, 0.05) is 5.56 Å². The molecule has 0 heterocycles. The molecule has 0 aliphatic rings. The summed E-state index contributed by atoms with van der Waals surface area (Å²) in [4.78, 5) is 11.2. The maximum Gasteiger partial charge on any atom is 0.341 e. The van der Waals surface area contributed by atoms with Crippen LogP contribution in [0.5, 0.6) is 5.75 Å². The molecule has 5 heteroatoms. The Labute approximate surface area is 85.6 Å². The number of benzene rings is 1. The molecule has 0 saturated carbocycles. The Hall–Kier alpha value is -1.65. The number of carbonyl (C=O) groups excluding carboxylic acids is 1. The van der Waals surface area contributed by atoms with Crippen molar-refractivity contribution in [3.63, 3.8) is 0 Å². The molecule has 1 rings (SSSR count). The highest BCUT2D eigenvalue weighted by Gasteiger charge is 2.16. The summed E-state index contributed by atoms with van der Waals surface area (Å²) in [6.07, 6.45) is -2.63. The van der Waals surface area contributed by atoms with E-state index in [1.165, 1.54) is 26.4 Å². The molecule has 3 nitrogen and oxygen atoms in total. The largest absolute Gasteiger partial charge is 0.496 e. The second-order valence-electron chi connectivity index (χ2n) is 2.75. The van der Waals surface area contributed by atoms with Crippen molar-refractivity contribution in [2.24, 2.45) is 0 Å². The molecule has 0 radical (unpaired) electrons. The highest BCUT2D eigenvalue weighted by molar-refractivity contribution is 5.92. The van der Waals surface area contributed by atoms with Crippen LogP contribution in [0.15, 0.2) is 18.2 Å². The van der Waals surface area contributed by atoms with E-state index in [4.69, 9.17) is 4.74 Å². The zero-order valence-corrected chi connectivity index (χ0v) is 8.29. The van der Waals surface area contributed by atoms with Crippen molar-refractivity contribution in [1.82, 2.24) is 0 Å². The number of hydrogen-bond donors (Lipinski definition) is 0. The lowest BCUT2D eigenvalue weighted by Gasteiger charge is -2.08. The van der Waals surface area contributed by atoms with Gasteiger partial charge in [0.2, 0.25) is 0 Å². The molecule has 15 heavy (non-hydrogen) atoms. The van der Waals surface area contributed by atoms with Gasteiger partial charge >= 0.3 is 5.97 Å². The average molecular weight is 216 g/mol. The van der Waals surface area contributed by atoms with Crippen LogP contribution >= 0.6 is 0 Å². The van der Waals surface area contributed by atoms with Gasteiger partial charge in [-0.25, -0.2) is 13.6 Å². The monoisotopic (exact) mass is 216 g/mol. The predicted octanol–water partition coefficient (Wildman–Crippen LogP) is 2.42. The highest BCUT2D eigenvalue weighted by Crippen LogP contribution is 2.26. The highest BCUT2D eigenvalue weighted by atomic mass is 19.3. The molecule has 0 aromatic heterocycles. The van der Waals surface area contributed by atoms with Crippen molar-refractivity contribution in [3.8, 4) is 5.75 Å². The molecular weight excluding hydrogens is 206 g/mol. The SMILES string of the molecule is COC(=O)c1cc(C(F)F)ccc1OC. The summed E-state index contributed by atoms with van der Waals surface area (Å²) in [5, 5.41) is 0. The van der Waals surface area contributed by atoms with Gasteiger partial charge in [-0.1, -0.05) is 0 Å². The number of halogens is 2. The van der Waals surface area contributed by atoms with Gasteiger partial charge < -0.3 is 9.47 Å². The summed E-state index contributed by atoms with van der Waals surface area (Å²) in [6, 6.07) is 3.58. The van der Waals surface area contributed by atoms with Crippen LogP contribution in [-0.4, -0.2) is 20.2 Å². The fraction of sp³-hybridized carbons (Fsp3) is 0.300. The Morgan fingerprint density at radius 3 is 2.47 bits per heavy atom. The third kappa shape index (κ3) is 2.43. The number of esters is 1. The van der Waals surface area contributed by atoms with Crippen LogP contribution in [0.25, 0.3) is 0 Å². The number of hydrogen-bond acceptors (Lipinski definition) is 3. The summed E-state index contributed by atoms with van der Waals surface area (Å²) < 4.78 is 34.0. The summed E-state index contributed by atoms with van der Waals surface area (Å²) in [7, 11) is 2.53. The Bertz CT molecular complexity index is 364. The lowest BCUT2D eigenvalue weighted by atomic mass is 10.1. The second kappa shape index (κ2) is 4.72. The third-order valence-electron chi connectivity index (χ3n) is 1.88. The molecule has 0 saturated heterocycles. The van der Waals surface area contributed by atoms with Gasteiger partial charge in [0.25, 0.3) is 6.43 Å². The van der Waals surface area contributed by atoms with Gasteiger partial charge in [0.15, 0.2) is 0 Å². The zero-order chi connectivity index (χ0) is 11.4. The molecule has 0 aliphatic carbocycles. The molecular formula is C10H10F2O3. The van der Waals surface area contributed by atoms with E-state index in [1.807, 2.05) is 0 Å². The van der Waals surface area contributed by atoms with Crippen LogP contribution in [0, 0.1) is 0 Å². The predicted molar refractivity (Wildman–Crippen MR) is 49.3 cm³/mol. The first-order chi connectivity index (χ1) is 7.10. The van der Waals surface area contributed by atoms with E-state index < -0.39 is 12.4 Å². The van der Waals surface area contributed by atoms with Gasteiger partial charge in [0.05, 0.1) is 14.2 Å². The Balaban J connectivity index is 3.19. The van der Waals surface area contributed by atoms with Crippen molar-refractivity contribution in [2.45, 2.75) is 6.43 Å². The topological polar surface area (TPSA) is 35.5 Å².